The third-order valence-electron chi connectivity index (χ3n) is 1.74. The van der Waals surface area contributed by atoms with Crippen molar-refractivity contribution in [1.82, 2.24) is 4.98 Å². The van der Waals surface area contributed by atoms with Crippen molar-refractivity contribution in [3.8, 4) is 0 Å². The van der Waals surface area contributed by atoms with Gasteiger partial charge in [-0.1, -0.05) is 11.8 Å². The molecule has 0 spiro atoms. The summed E-state index contributed by atoms with van der Waals surface area (Å²) in [5.41, 5.74) is -0.709. The summed E-state index contributed by atoms with van der Waals surface area (Å²) in [4.78, 5) is 25.8. The van der Waals surface area contributed by atoms with Crippen molar-refractivity contribution in [3.63, 3.8) is 0 Å². The SMILES string of the molecule is CC(C)(C)OC(=O)CSc1ncc(Br)cc1[N+](=O)[O-]. The Labute approximate surface area is 123 Å². The lowest BCUT2D eigenvalue weighted by atomic mass is 10.2. The Morgan fingerprint density at radius 2 is 2.21 bits per heavy atom. The highest BCUT2D eigenvalue weighted by molar-refractivity contribution is 9.10. The monoisotopic (exact) mass is 348 g/mol. The number of esters is 1. The smallest absolute Gasteiger partial charge is 0.316 e. The lowest BCUT2D eigenvalue weighted by Gasteiger charge is -2.19. The zero-order chi connectivity index (χ0) is 14.6. The molecule has 0 aliphatic heterocycles. The average molecular weight is 349 g/mol. The molecule has 0 atom stereocenters. The van der Waals surface area contributed by atoms with Crippen molar-refractivity contribution in [2.24, 2.45) is 0 Å². The van der Waals surface area contributed by atoms with Crippen LogP contribution in [0.2, 0.25) is 0 Å². The maximum atomic E-state index is 11.5. The lowest BCUT2D eigenvalue weighted by Crippen LogP contribution is -2.24. The third kappa shape index (κ3) is 5.56. The second kappa shape index (κ2) is 6.33. The number of halogens is 1. The topological polar surface area (TPSA) is 82.3 Å². The molecule has 0 saturated heterocycles. The first-order valence-corrected chi connectivity index (χ1v) is 7.11. The number of hydrogen-bond donors (Lipinski definition) is 0. The van der Waals surface area contributed by atoms with Gasteiger partial charge in [-0.3, -0.25) is 14.9 Å². The van der Waals surface area contributed by atoms with E-state index in [2.05, 4.69) is 20.9 Å². The van der Waals surface area contributed by atoms with E-state index in [9.17, 15) is 14.9 Å². The van der Waals surface area contributed by atoms with Gasteiger partial charge in [0.2, 0.25) is 0 Å². The Balaban J connectivity index is 2.73. The van der Waals surface area contributed by atoms with Crippen molar-refractivity contribution in [3.05, 3.63) is 26.9 Å². The van der Waals surface area contributed by atoms with Gasteiger partial charge in [-0.15, -0.1) is 0 Å². The fraction of sp³-hybridized carbons (Fsp3) is 0.455. The number of aromatic nitrogens is 1. The summed E-state index contributed by atoms with van der Waals surface area (Å²) >= 11 is 4.10. The van der Waals surface area contributed by atoms with Crippen LogP contribution in [0.4, 0.5) is 5.69 Å². The van der Waals surface area contributed by atoms with Crippen molar-refractivity contribution in [2.75, 3.05) is 5.75 Å². The molecule has 0 aliphatic rings. The number of carbonyl (C=O) groups is 1. The van der Waals surface area contributed by atoms with Crippen LogP contribution in [0.3, 0.4) is 0 Å². The zero-order valence-corrected chi connectivity index (χ0v) is 13.1. The number of carbonyl (C=O) groups excluding carboxylic acids is 1. The number of ether oxygens (including phenoxy) is 1. The molecule has 0 amide bonds. The van der Waals surface area contributed by atoms with Crippen LogP contribution in [0.25, 0.3) is 0 Å². The summed E-state index contributed by atoms with van der Waals surface area (Å²) in [6, 6.07) is 1.35. The Kier molecular flexibility index (Phi) is 5.30. The quantitative estimate of drug-likeness (QED) is 0.359. The molecule has 1 aromatic rings. The van der Waals surface area contributed by atoms with Crippen molar-refractivity contribution >= 4 is 39.3 Å². The van der Waals surface area contributed by atoms with Crippen LogP contribution < -0.4 is 0 Å². The van der Waals surface area contributed by atoms with E-state index < -0.39 is 16.5 Å². The number of nitrogens with zero attached hydrogens (tertiary/aromatic N) is 2. The molecule has 6 nitrogen and oxygen atoms in total. The molecule has 0 bridgehead atoms. The molecule has 0 radical (unpaired) electrons. The highest BCUT2D eigenvalue weighted by Crippen LogP contribution is 2.29. The number of nitro groups is 1. The predicted octanol–water partition coefficient (Wildman–Crippen LogP) is 3.19. The minimum absolute atomic E-state index is 0.0211. The summed E-state index contributed by atoms with van der Waals surface area (Å²) in [5, 5.41) is 11.1. The molecular formula is C11H13BrN2O4S. The molecule has 0 fully saturated rings. The summed E-state index contributed by atoms with van der Waals surface area (Å²) in [7, 11) is 0. The van der Waals surface area contributed by atoms with E-state index in [1.165, 1.54) is 12.3 Å². The van der Waals surface area contributed by atoms with Crippen LogP contribution in [0.15, 0.2) is 21.8 Å². The maximum absolute atomic E-state index is 11.5. The van der Waals surface area contributed by atoms with Crippen molar-refractivity contribution in [2.45, 2.75) is 31.4 Å². The van der Waals surface area contributed by atoms with Gasteiger partial charge < -0.3 is 4.74 Å². The molecule has 8 heteroatoms. The van der Waals surface area contributed by atoms with Gasteiger partial charge in [0.25, 0.3) is 0 Å². The fourth-order valence-electron chi connectivity index (χ4n) is 1.16. The lowest BCUT2D eigenvalue weighted by molar-refractivity contribution is -0.388. The van der Waals surface area contributed by atoms with Crippen LogP contribution in [0, 0.1) is 10.1 Å². The molecule has 0 N–H and O–H groups in total. The number of hydrogen-bond acceptors (Lipinski definition) is 6. The second-order valence-electron chi connectivity index (χ2n) is 4.61. The van der Waals surface area contributed by atoms with Crippen molar-refractivity contribution < 1.29 is 14.5 Å². The van der Waals surface area contributed by atoms with Gasteiger partial charge in [-0.2, -0.15) is 0 Å². The van der Waals surface area contributed by atoms with Crippen LogP contribution in [-0.2, 0) is 9.53 Å². The standard InChI is InChI=1S/C11H13BrN2O4S/c1-11(2,3)18-9(15)6-19-10-8(14(16)17)4-7(12)5-13-10/h4-5H,6H2,1-3H3. The molecule has 0 unspecified atom stereocenters. The van der Waals surface area contributed by atoms with Gasteiger partial charge in [-0.25, -0.2) is 4.98 Å². The fourth-order valence-corrected chi connectivity index (χ4v) is 2.20. The Bertz CT molecular complexity index is 502. The predicted molar refractivity (Wildman–Crippen MR) is 75.2 cm³/mol. The van der Waals surface area contributed by atoms with E-state index in [1.807, 2.05) is 0 Å². The molecule has 1 rings (SSSR count). The van der Waals surface area contributed by atoms with Crippen LogP contribution >= 0.6 is 27.7 Å². The molecule has 0 saturated carbocycles. The molecule has 104 valence electrons. The number of thioether (sulfide) groups is 1. The minimum atomic E-state index is -0.573. The van der Waals surface area contributed by atoms with Crippen LogP contribution in [0.1, 0.15) is 20.8 Å². The molecular weight excluding hydrogens is 336 g/mol. The largest absolute Gasteiger partial charge is 0.459 e. The van der Waals surface area contributed by atoms with Crippen LogP contribution in [-0.4, -0.2) is 27.2 Å². The Hall–Kier alpha value is -1.15. The zero-order valence-electron chi connectivity index (χ0n) is 10.7. The average Bonchev–Trinajstić information content (AvgIpc) is 2.24. The van der Waals surface area contributed by atoms with E-state index in [0.717, 1.165) is 11.8 Å². The van der Waals surface area contributed by atoms with E-state index >= 15 is 0 Å². The summed E-state index contributed by atoms with van der Waals surface area (Å²) < 4.78 is 5.63. The number of rotatable bonds is 4. The molecule has 0 aliphatic carbocycles. The van der Waals surface area contributed by atoms with Crippen LogP contribution in [0.5, 0.6) is 0 Å². The van der Waals surface area contributed by atoms with Crippen molar-refractivity contribution in [1.29, 1.82) is 0 Å². The summed E-state index contributed by atoms with van der Waals surface area (Å²) in [5.74, 6) is -0.455. The number of pyridine rings is 1. The minimum Gasteiger partial charge on any atom is -0.459 e. The summed E-state index contributed by atoms with van der Waals surface area (Å²) in [6.45, 7) is 5.28. The first-order valence-electron chi connectivity index (χ1n) is 5.33. The van der Waals surface area contributed by atoms with Gasteiger partial charge in [0, 0.05) is 16.7 Å². The van der Waals surface area contributed by atoms with Gasteiger partial charge in [0.05, 0.1) is 10.7 Å². The molecule has 1 heterocycles. The third-order valence-corrected chi connectivity index (χ3v) is 3.14. The van der Waals surface area contributed by atoms with E-state index in [-0.39, 0.29) is 16.5 Å². The molecule has 19 heavy (non-hydrogen) atoms. The Morgan fingerprint density at radius 3 is 2.74 bits per heavy atom. The van der Waals surface area contributed by atoms with E-state index in [4.69, 9.17) is 4.74 Å². The van der Waals surface area contributed by atoms with E-state index in [0.29, 0.717) is 4.47 Å². The van der Waals surface area contributed by atoms with Gasteiger partial charge >= 0.3 is 11.7 Å². The van der Waals surface area contributed by atoms with Gasteiger partial charge in [0.1, 0.15) is 5.60 Å². The normalized spacial score (nSPS) is 11.2. The first-order chi connectivity index (χ1) is 8.69. The maximum Gasteiger partial charge on any atom is 0.316 e. The Morgan fingerprint density at radius 1 is 1.58 bits per heavy atom. The highest BCUT2D eigenvalue weighted by atomic mass is 79.9. The highest BCUT2D eigenvalue weighted by Gasteiger charge is 2.20. The molecule has 1 aromatic heterocycles. The van der Waals surface area contributed by atoms with Gasteiger partial charge in [-0.05, 0) is 36.7 Å². The first kappa shape index (κ1) is 15.9. The molecule has 0 aromatic carbocycles. The summed E-state index contributed by atoms with van der Waals surface area (Å²) in [6.07, 6.45) is 1.45. The van der Waals surface area contributed by atoms with Gasteiger partial charge in [0.15, 0.2) is 5.03 Å². The van der Waals surface area contributed by atoms with E-state index in [1.54, 1.807) is 20.8 Å². The second-order valence-corrected chi connectivity index (χ2v) is 6.49.